The summed E-state index contributed by atoms with van der Waals surface area (Å²) in [6, 6.07) is 2.17. The van der Waals surface area contributed by atoms with Crippen molar-refractivity contribution in [3.05, 3.63) is 41.4 Å². The van der Waals surface area contributed by atoms with E-state index in [1.54, 1.807) is 4.68 Å². The number of fused-ring (bicyclic) bond motifs is 2. The van der Waals surface area contributed by atoms with E-state index < -0.39 is 17.8 Å². The van der Waals surface area contributed by atoms with Gasteiger partial charge in [0.25, 0.3) is 5.91 Å². The number of aryl methyl sites for hydroxylation is 1. The number of amides is 1. The van der Waals surface area contributed by atoms with Crippen LogP contribution in [0.5, 0.6) is 0 Å². The Balaban J connectivity index is 1.72. The van der Waals surface area contributed by atoms with Crippen LogP contribution < -0.4 is 0 Å². The first-order chi connectivity index (χ1) is 11.8. The molecule has 1 amide bonds. The molecule has 0 spiro atoms. The van der Waals surface area contributed by atoms with Gasteiger partial charge in [-0.3, -0.25) is 4.79 Å². The summed E-state index contributed by atoms with van der Waals surface area (Å²) in [6.07, 6.45) is -3.20. The average Bonchev–Trinajstić information content (AvgIpc) is 3.17. The third-order valence-electron chi connectivity index (χ3n) is 3.96. The average molecular weight is 351 g/mol. The first kappa shape index (κ1) is 15.5. The minimum absolute atomic E-state index is 0.0177. The number of halogens is 3. The highest BCUT2D eigenvalue weighted by molar-refractivity contribution is 5.93. The molecule has 130 valence electrons. The van der Waals surface area contributed by atoms with E-state index in [1.165, 1.54) is 24.2 Å². The Hall–Kier alpha value is -2.98. The Kier molecular flexibility index (Phi) is 3.27. The topological polar surface area (TPSA) is 81.2 Å². The van der Waals surface area contributed by atoms with E-state index >= 15 is 0 Å². The van der Waals surface area contributed by atoms with Gasteiger partial charge >= 0.3 is 6.18 Å². The van der Waals surface area contributed by atoms with Gasteiger partial charge < -0.3 is 4.90 Å². The van der Waals surface area contributed by atoms with Gasteiger partial charge in [-0.2, -0.15) is 23.4 Å². The predicted molar refractivity (Wildman–Crippen MR) is 77.5 cm³/mol. The number of alkyl halides is 3. The molecule has 0 aromatic carbocycles. The van der Waals surface area contributed by atoms with Crippen molar-refractivity contribution >= 4 is 11.6 Å². The normalized spacial score (nSPS) is 14.8. The van der Waals surface area contributed by atoms with Crippen LogP contribution in [0.1, 0.15) is 27.7 Å². The summed E-state index contributed by atoms with van der Waals surface area (Å²) in [4.78, 5) is 22.2. The second-order valence-electron chi connectivity index (χ2n) is 5.71. The van der Waals surface area contributed by atoms with Crippen LogP contribution in [0.25, 0.3) is 5.65 Å². The van der Waals surface area contributed by atoms with Crippen molar-refractivity contribution in [3.63, 3.8) is 0 Å². The molecule has 1 aliphatic heterocycles. The van der Waals surface area contributed by atoms with Crippen LogP contribution in [0.4, 0.5) is 13.2 Å². The number of aromatic nitrogens is 6. The largest absolute Gasteiger partial charge is 0.433 e. The van der Waals surface area contributed by atoms with Gasteiger partial charge in [0.05, 0.1) is 13.1 Å². The fraction of sp³-hybridized carbons (Fsp3) is 0.357. The maximum atomic E-state index is 13.2. The van der Waals surface area contributed by atoms with Gasteiger partial charge in [-0.25, -0.2) is 19.2 Å². The highest BCUT2D eigenvalue weighted by Gasteiger charge is 2.35. The zero-order chi connectivity index (χ0) is 17.8. The molecule has 4 heterocycles. The molecular weight excluding hydrogens is 339 g/mol. The standard InChI is InChI=1S/C14H12F3N7O/c1-8-4-10(14(15,16)17)24-11(20-8)5-9(21-24)13(25)22-2-3-23-12(6-22)18-7-19-23/h4-5,7H,2-3,6H2,1H3. The van der Waals surface area contributed by atoms with Crippen LogP contribution in [-0.2, 0) is 19.3 Å². The van der Waals surface area contributed by atoms with Crippen LogP contribution >= 0.6 is 0 Å². The van der Waals surface area contributed by atoms with E-state index in [0.29, 0.717) is 23.4 Å². The Bertz CT molecular complexity index is 975. The molecule has 0 aliphatic carbocycles. The van der Waals surface area contributed by atoms with Crippen molar-refractivity contribution in [1.82, 2.24) is 34.3 Å². The predicted octanol–water partition coefficient (Wildman–Crippen LogP) is 1.30. The quantitative estimate of drug-likeness (QED) is 0.660. The molecule has 25 heavy (non-hydrogen) atoms. The lowest BCUT2D eigenvalue weighted by molar-refractivity contribution is -0.142. The van der Waals surface area contributed by atoms with Crippen LogP contribution in [0.15, 0.2) is 18.5 Å². The number of carbonyl (C=O) groups excluding carboxylic acids is 1. The molecule has 0 N–H and O–H groups in total. The molecule has 3 aromatic rings. The van der Waals surface area contributed by atoms with Crippen molar-refractivity contribution in [1.29, 1.82) is 0 Å². The van der Waals surface area contributed by atoms with Crippen molar-refractivity contribution in [2.24, 2.45) is 0 Å². The number of hydrogen-bond acceptors (Lipinski definition) is 5. The van der Waals surface area contributed by atoms with E-state index in [9.17, 15) is 18.0 Å². The first-order valence-corrected chi connectivity index (χ1v) is 7.43. The number of rotatable bonds is 1. The molecule has 1 aliphatic rings. The number of carbonyl (C=O) groups is 1. The van der Waals surface area contributed by atoms with E-state index in [-0.39, 0.29) is 23.6 Å². The Morgan fingerprint density at radius 1 is 1.24 bits per heavy atom. The van der Waals surface area contributed by atoms with Crippen molar-refractivity contribution in [2.75, 3.05) is 6.54 Å². The lowest BCUT2D eigenvalue weighted by Gasteiger charge is -2.25. The third kappa shape index (κ3) is 2.61. The van der Waals surface area contributed by atoms with Crippen molar-refractivity contribution in [2.45, 2.75) is 26.2 Å². The van der Waals surface area contributed by atoms with E-state index in [0.717, 1.165) is 6.07 Å². The molecule has 11 heteroatoms. The highest BCUT2D eigenvalue weighted by atomic mass is 19.4. The van der Waals surface area contributed by atoms with Gasteiger partial charge in [0.1, 0.15) is 17.8 Å². The minimum Gasteiger partial charge on any atom is -0.328 e. The summed E-state index contributed by atoms with van der Waals surface area (Å²) in [5.41, 5.74) is -0.871. The molecule has 0 fully saturated rings. The summed E-state index contributed by atoms with van der Waals surface area (Å²) in [7, 11) is 0. The fourth-order valence-corrected chi connectivity index (χ4v) is 2.80. The van der Waals surface area contributed by atoms with Crippen LogP contribution in [-0.4, -0.2) is 46.7 Å². The van der Waals surface area contributed by atoms with Gasteiger partial charge in [0.2, 0.25) is 0 Å². The molecule has 0 radical (unpaired) electrons. The summed E-state index contributed by atoms with van der Waals surface area (Å²) in [6.45, 7) is 2.54. The summed E-state index contributed by atoms with van der Waals surface area (Å²) >= 11 is 0. The van der Waals surface area contributed by atoms with E-state index in [4.69, 9.17) is 0 Å². The Morgan fingerprint density at radius 2 is 2.04 bits per heavy atom. The molecular formula is C14H12F3N7O. The number of hydrogen-bond donors (Lipinski definition) is 0. The second kappa shape index (κ2) is 5.26. The van der Waals surface area contributed by atoms with Crippen molar-refractivity contribution in [3.8, 4) is 0 Å². The third-order valence-corrected chi connectivity index (χ3v) is 3.96. The lowest BCUT2D eigenvalue weighted by Crippen LogP contribution is -2.39. The minimum atomic E-state index is -4.60. The first-order valence-electron chi connectivity index (χ1n) is 7.43. The van der Waals surface area contributed by atoms with Gasteiger partial charge in [0.15, 0.2) is 11.3 Å². The zero-order valence-electron chi connectivity index (χ0n) is 13.0. The molecule has 8 nitrogen and oxygen atoms in total. The zero-order valence-corrected chi connectivity index (χ0v) is 13.0. The molecule has 0 atom stereocenters. The summed E-state index contributed by atoms with van der Waals surface area (Å²) in [5.74, 6) is 0.152. The Labute approximate surface area is 138 Å². The highest BCUT2D eigenvalue weighted by Crippen LogP contribution is 2.30. The second-order valence-corrected chi connectivity index (χ2v) is 5.71. The van der Waals surface area contributed by atoms with Gasteiger partial charge in [-0.1, -0.05) is 0 Å². The monoisotopic (exact) mass is 351 g/mol. The molecule has 0 bridgehead atoms. The maximum absolute atomic E-state index is 13.2. The summed E-state index contributed by atoms with van der Waals surface area (Å²) in [5, 5.41) is 7.86. The smallest absolute Gasteiger partial charge is 0.328 e. The van der Waals surface area contributed by atoms with Crippen LogP contribution in [0.3, 0.4) is 0 Å². The van der Waals surface area contributed by atoms with Gasteiger partial charge in [-0.05, 0) is 13.0 Å². The molecule has 4 rings (SSSR count). The molecule has 0 saturated carbocycles. The lowest BCUT2D eigenvalue weighted by atomic mass is 10.3. The molecule has 0 saturated heterocycles. The van der Waals surface area contributed by atoms with Crippen LogP contribution in [0.2, 0.25) is 0 Å². The fourth-order valence-electron chi connectivity index (χ4n) is 2.80. The van der Waals surface area contributed by atoms with Gasteiger partial charge in [0, 0.05) is 18.3 Å². The SMILES string of the molecule is Cc1cc(C(F)(F)F)n2nc(C(=O)N3CCn4ncnc4C3)cc2n1. The van der Waals surface area contributed by atoms with Crippen molar-refractivity contribution < 1.29 is 18.0 Å². The van der Waals surface area contributed by atoms with Crippen LogP contribution in [0, 0.1) is 6.92 Å². The molecule has 0 unspecified atom stereocenters. The van der Waals surface area contributed by atoms with E-state index in [2.05, 4.69) is 20.2 Å². The number of nitrogens with zero attached hydrogens (tertiary/aromatic N) is 7. The maximum Gasteiger partial charge on any atom is 0.433 e. The van der Waals surface area contributed by atoms with E-state index in [1.807, 2.05) is 0 Å². The summed E-state index contributed by atoms with van der Waals surface area (Å²) < 4.78 is 41.9. The molecule has 3 aromatic heterocycles. The van der Waals surface area contributed by atoms with Gasteiger partial charge in [-0.15, -0.1) is 0 Å². The Morgan fingerprint density at radius 3 is 2.80 bits per heavy atom.